The molecular weight excluding hydrogens is 430 g/mol. The van der Waals surface area contributed by atoms with Crippen LogP contribution in [0.1, 0.15) is 30.1 Å². The fourth-order valence-corrected chi connectivity index (χ4v) is 4.46. The molecule has 5 nitrogen and oxygen atoms in total. The summed E-state index contributed by atoms with van der Waals surface area (Å²) in [7, 11) is 3.64. The molecule has 0 unspecified atom stereocenters. The fraction of sp³-hybridized carbons (Fsp3) is 0.304. The Balaban J connectivity index is 1.78. The lowest BCUT2D eigenvalue weighted by molar-refractivity contribution is 0.101. The summed E-state index contributed by atoms with van der Waals surface area (Å²) < 4.78 is 11.1. The fourth-order valence-electron chi connectivity index (χ4n) is 4.08. The van der Waals surface area contributed by atoms with E-state index in [9.17, 15) is 4.79 Å². The molecule has 0 atom stereocenters. The van der Waals surface area contributed by atoms with E-state index >= 15 is 0 Å². The van der Waals surface area contributed by atoms with E-state index in [2.05, 4.69) is 49.3 Å². The minimum atomic E-state index is 0.00472. The van der Waals surface area contributed by atoms with Crippen molar-refractivity contribution in [2.75, 3.05) is 7.11 Å². The molecule has 6 heteroatoms. The van der Waals surface area contributed by atoms with Crippen molar-refractivity contribution in [1.29, 1.82) is 0 Å². The average molecular weight is 452 g/mol. The second-order valence-corrected chi connectivity index (χ2v) is 8.80. The number of aromatic nitrogens is 3. The van der Waals surface area contributed by atoms with Crippen LogP contribution >= 0.6 is 15.9 Å². The second-order valence-electron chi connectivity index (χ2n) is 7.88. The van der Waals surface area contributed by atoms with Gasteiger partial charge in [-0.1, -0.05) is 15.9 Å². The highest BCUT2D eigenvalue weighted by Crippen LogP contribution is 2.38. The Morgan fingerprint density at radius 3 is 2.72 bits per heavy atom. The second kappa shape index (κ2) is 6.73. The number of carbonyl (C=O) groups is 1. The lowest BCUT2D eigenvalue weighted by atomic mass is 10.1. The van der Waals surface area contributed by atoms with Gasteiger partial charge in [0.2, 0.25) is 0 Å². The van der Waals surface area contributed by atoms with E-state index < -0.39 is 0 Å². The van der Waals surface area contributed by atoms with Crippen LogP contribution in [0, 0.1) is 5.92 Å². The standard InChI is InChI=1S/C23H22BrN3O2/c1-13(28)15-9-18-22(21(11-15)29-3)26(2)23(25-18)20-10-16-8-17(24)6-7-19(16)27(20)12-14-4-5-14/h6-11,14H,4-5,12H2,1-3H3. The number of nitrogens with zero attached hydrogens (tertiary/aromatic N) is 3. The maximum Gasteiger partial charge on any atom is 0.160 e. The third kappa shape index (κ3) is 3.06. The zero-order chi connectivity index (χ0) is 20.3. The number of methoxy groups -OCH3 is 1. The van der Waals surface area contributed by atoms with Crippen molar-refractivity contribution in [3.05, 3.63) is 46.4 Å². The van der Waals surface area contributed by atoms with Crippen LogP contribution in [0.15, 0.2) is 40.9 Å². The third-order valence-electron chi connectivity index (χ3n) is 5.79. The number of carbonyl (C=O) groups excluding carboxylic acids is 1. The molecule has 4 aromatic rings. The van der Waals surface area contributed by atoms with E-state index in [1.54, 1.807) is 20.1 Å². The number of imidazole rings is 1. The van der Waals surface area contributed by atoms with Gasteiger partial charge in [-0.3, -0.25) is 4.79 Å². The topological polar surface area (TPSA) is 49.0 Å². The van der Waals surface area contributed by atoms with Crippen LogP contribution in [0.25, 0.3) is 33.5 Å². The Kier molecular flexibility index (Phi) is 4.28. The summed E-state index contributed by atoms with van der Waals surface area (Å²) in [6.45, 7) is 2.56. The van der Waals surface area contributed by atoms with Gasteiger partial charge in [-0.2, -0.15) is 0 Å². The van der Waals surface area contributed by atoms with E-state index in [4.69, 9.17) is 9.72 Å². The van der Waals surface area contributed by atoms with Gasteiger partial charge < -0.3 is 13.9 Å². The van der Waals surface area contributed by atoms with Gasteiger partial charge in [-0.25, -0.2) is 4.98 Å². The van der Waals surface area contributed by atoms with E-state index in [0.29, 0.717) is 11.3 Å². The number of benzene rings is 2. The molecule has 2 heterocycles. The van der Waals surface area contributed by atoms with Crippen LogP contribution in [0.4, 0.5) is 0 Å². The van der Waals surface area contributed by atoms with Crippen molar-refractivity contribution < 1.29 is 9.53 Å². The highest BCUT2D eigenvalue weighted by atomic mass is 79.9. The van der Waals surface area contributed by atoms with Crippen LogP contribution in [0.3, 0.4) is 0 Å². The predicted molar refractivity (Wildman–Crippen MR) is 119 cm³/mol. The summed E-state index contributed by atoms with van der Waals surface area (Å²) in [5.41, 5.74) is 4.60. The average Bonchev–Trinajstić information content (AvgIpc) is 3.37. The van der Waals surface area contributed by atoms with Crippen molar-refractivity contribution in [2.24, 2.45) is 13.0 Å². The van der Waals surface area contributed by atoms with Gasteiger partial charge in [-0.15, -0.1) is 0 Å². The van der Waals surface area contributed by atoms with Crippen molar-refractivity contribution in [3.63, 3.8) is 0 Å². The predicted octanol–water partition coefficient (Wildman–Crippen LogP) is 5.58. The number of ether oxygens (including phenoxy) is 1. The number of halogens is 1. The molecule has 1 saturated carbocycles. The molecule has 5 rings (SSSR count). The first-order valence-corrected chi connectivity index (χ1v) is 10.6. The van der Waals surface area contributed by atoms with Crippen LogP contribution in [-0.4, -0.2) is 27.0 Å². The molecule has 0 saturated heterocycles. The normalized spacial score (nSPS) is 14.1. The monoisotopic (exact) mass is 451 g/mol. The SMILES string of the molecule is COc1cc(C(C)=O)cc2nc(-c3cc4cc(Br)ccc4n3CC3CC3)n(C)c12. The molecular formula is C23H22BrN3O2. The van der Waals surface area contributed by atoms with Crippen LogP contribution in [0.5, 0.6) is 5.75 Å². The van der Waals surface area contributed by atoms with Gasteiger partial charge in [0.15, 0.2) is 11.6 Å². The summed E-state index contributed by atoms with van der Waals surface area (Å²) in [6.07, 6.45) is 2.57. The molecule has 0 radical (unpaired) electrons. The molecule has 0 amide bonds. The molecule has 0 aliphatic heterocycles. The van der Waals surface area contributed by atoms with E-state index in [1.807, 2.05) is 13.1 Å². The van der Waals surface area contributed by atoms with Gasteiger partial charge in [0.1, 0.15) is 11.3 Å². The number of rotatable bonds is 5. The molecule has 1 aliphatic carbocycles. The van der Waals surface area contributed by atoms with Gasteiger partial charge in [0, 0.05) is 34.5 Å². The zero-order valence-electron chi connectivity index (χ0n) is 16.7. The molecule has 0 bridgehead atoms. The number of ketones is 1. The highest BCUT2D eigenvalue weighted by molar-refractivity contribution is 9.10. The first-order valence-electron chi connectivity index (χ1n) is 9.81. The number of hydrogen-bond acceptors (Lipinski definition) is 3. The first kappa shape index (κ1) is 18.4. The van der Waals surface area contributed by atoms with E-state index in [-0.39, 0.29) is 5.78 Å². The maximum absolute atomic E-state index is 12.0. The Morgan fingerprint density at radius 2 is 2.03 bits per heavy atom. The van der Waals surface area contributed by atoms with E-state index in [1.165, 1.54) is 23.7 Å². The van der Waals surface area contributed by atoms with Gasteiger partial charge in [-0.05, 0) is 62.1 Å². The van der Waals surface area contributed by atoms with Crippen molar-refractivity contribution >= 4 is 43.6 Å². The molecule has 0 spiro atoms. The lowest BCUT2D eigenvalue weighted by Gasteiger charge is -2.11. The van der Waals surface area contributed by atoms with E-state index in [0.717, 1.165) is 39.5 Å². The first-order chi connectivity index (χ1) is 14.0. The number of fused-ring (bicyclic) bond motifs is 2. The number of hydrogen-bond donors (Lipinski definition) is 0. The largest absolute Gasteiger partial charge is 0.494 e. The maximum atomic E-state index is 12.0. The Hall–Kier alpha value is -2.60. The van der Waals surface area contributed by atoms with Gasteiger partial charge in [0.25, 0.3) is 0 Å². The minimum Gasteiger partial charge on any atom is -0.494 e. The third-order valence-corrected chi connectivity index (χ3v) is 6.28. The van der Waals surface area contributed by atoms with Crippen molar-refractivity contribution in [3.8, 4) is 17.3 Å². The van der Waals surface area contributed by atoms with Gasteiger partial charge >= 0.3 is 0 Å². The smallest absolute Gasteiger partial charge is 0.160 e. The van der Waals surface area contributed by atoms with Crippen LogP contribution < -0.4 is 4.74 Å². The highest BCUT2D eigenvalue weighted by Gasteiger charge is 2.26. The van der Waals surface area contributed by atoms with Crippen molar-refractivity contribution in [2.45, 2.75) is 26.3 Å². The Bertz CT molecular complexity index is 1280. The summed E-state index contributed by atoms with van der Waals surface area (Å²) in [6, 6.07) is 12.3. The molecule has 148 valence electrons. The molecule has 0 N–H and O–H groups in total. The summed E-state index contributed by atoms with van der Waals surface area (Å²) >= 11 is 3.59. The van der Waals surface area contributed by atoms with Crippen LogP contribution in [-0.2, 0) is 13.6 Å². The summed E-state index contributed by atoms with van der Waals surface area (Å²) in [5.74, 6) is 2.29. The quantitative estimate of drug-likeness (QED) is 0.372. The molecule has 2 aromatic carbocycles. The number of Topliss-reactive ketones (excluding diaryl/α,β-unsaturated/α-hetero) is 1. The van der Waals surface area contributed by atoms with Crippen molar-refractivity contribution in [1.82, 2.24) is 14.1 Å². The molecule has 2 aromatic heterocycles. The summed E-state index contributed by atoms with van der Waals surface area (Å²) in [5, 5.41) is 1.19. The Labute approximate surface area is 177 Å². The molecule has 1 fully saturated rings. The number of aryl methyl sites for hydroxylation is 1. The van der Waals surface area contributed by atoms with Crippen LogP contribution in [0.2, 0.25) is 0 Å². The summed E-state index contributed by atoms with van der Waals surface area (Å²) in [4.78, 5) is 16.9. The Morgan fingerprint density at radius 1 is 1.24 bits per heavy atom. The van der Waals surface area contributed by atoms with Gasteiger partial charge in [0.05, 0.1) is 18.3 Å². The zero-order valence-corrected chi connectivity index (χ0v) is 18.3. The lowest BCUT2D eigenvalue weighted by Crippen LogP contribution is -2.04. The minimum absolute atomic E-state index is 0.00472. The molecule has 1 aliphatic rings. The molecule has 29 heavy (non-hydrogen) atoms.